The Morgan fingerprint density at radius 2 is 2.05 bits per heavy atom. The normalized spacial score (nSPS) is 30.5. The molecule has 1 aromatic carbocycles. The van der Waals surface area contributed by atoms with Crippen molar-refractivity contribution in [3.63, 3.8) is 0 Å². The number of esters is 1. The molecule has 0 aliphatic heterocycles. The molecule has 0 amide bonds. The van der Waals surface area contributed by atoms with Gasteiger partial charge in [0.2, 0.25) is 0 Å². The van der Waals surface area contributed by atoms with Gasteiger partial charge in [-0.05, 0) is 43.9 Å². The fourth-order valence-electron chi connectivity index (χ4n) is 3.89. The molecule has 22 heavy (non-hydrogen) atoms. The number of hydrogen-bond donors (Lipinski definition) is 0. The number of carbonyl (C=O) groups is 3. The average molecular weight is 365 g/mol. The van der Waals surface area contributed by atoms with E-state index in [0.717, 1.165) is 10.0 Å². The topological polar surface area (TPSA) is 60.4 Å². The van der Waals surface area contributed by atoms with Crippen molar-refractivity contribution in [2.45, 2.75) is 32.6 Å². The van der Waals surface area contributed by atoms with Crippen LogP contribution in [0.15, 0.2) is 22.7 Å². The zero-order chi connectivity index (χ0) is 16.1. The van der Waals surface area contributed by atoms with Gasteiger partial charge in [0.15, 0.2) is 5.78 Å². The van der Waals surface area contributed by atoms with Crippen LogP contribution in [-0.4, -0.2) is 24.6 Å². The summed E-state index contributed by atoms with van der Waals surface area (Å²) in [7, 11) is 1.28. The first-order valence-corrected chi connectivity index (χ1v) is 8.07. The minimum absolute atomic E-state index is 0.0476. The maximum Gasteiger partial charge on any atom is 0.319 e. The predicted octanol–water partition coefficient (Wildman–Crippen LogP) is 3.11. The molecule has 1 fully saturated rings. The van der Waals surface area contributed by atoms with Gasteiger partial charge in [0.05, 0.1) is 7.11 Å². The summed E-state index contributed by atoms with van der Waals surface area (Å²) in [5.74, 6) is -0.622. The van der Waals surface area contributed by atoms with Gasteiger partial charge in [-0.2, -0.15) is 0 Å². The number of methoxy groups -OCH3 is 1. The van der Waals surface area contributed by atoms with Crippen LogP contribution in [0.1, 0.15) is 42.1 Å². The van der Waals surface area contributed by atoms with Gasteiger partial charge in [-0.15, -0.1) is 0 Å². The first-order chi connectivity index (χ1) is 10.3. The molecule has 5 heteroatoms. The van der Waals surface area contributed by atoms with Gasteiger partial charge in [-0.1, -0.05) is 22.0 Å². The van der Waals surface area contributed by atoms with E-state index in [9.17, 15) is 14.4 Å². The monoisotopic (exact) mass is 364 g/mol. The number of ketones is 2. The zero-order valence-corrected chi connectivity index (χ0v) is 14.2. The lowest BCUT2D eigenvalue weighted by atomic mass is 9.60. The molecule has 0 saturated heterocycles. The summed E-state index contributed by atoms with van der Waals surface area (Å²) in [5, 5.41) is 0. The second-order valence-corrected chi connectivity index (χ2v) is 7.43. The number of carbonyl (C=O) groups excluding carboxylic acids is 3. The van der Waals surface area contributed by atoms with E-state index in [-0.39, 0.29) is 24.4 Å². The summed E-state index contributed by atoms with van der Waals surface area (Å²) >= 11 is 3.39. The molecule has 0 unspecified atom stereocenters. The third kappa shape index (κ3) is 2.06. The molecule has 3 rings (SSSR count). The smallest absolute Gasteiger partial charge is 0.319 e. The maximum absolute atomic E-state index is 12.9. The molecule has 2 aliphatic carbocycles. The summed E-state index contributed by atoms with van der Waals surface area (Å²) in [4.78, 5) is 37.3. The van der Waals surface area contributed by atoms with Crippen molar-refractivity contribution in [1.29, 1.82) is 0 Å². The van der Waals surface area contributed by atoms with Crippen molar-refractivity contribution in [2.75, 3.05) is 7.11 Å². The summed E-state index contributed by atoms with van der Waals surface area (Å²) < 4.78 is 5.68. The Morgan fingerprint density at radius 1 is 1.32 bits per heavy atom. The number of Topliss-reactive ketones (excluding diaryl/α,β-unsaturated/α-hetero) is 2. The Hall–Kier alpha value is -1.49. The largest absolute Gasteiger partial charge is 0.468 e. The lowest BCUT2D eigenvalue weighted by Gasteiger charge is -2.40. The van der Waals surface area contributed by atoms with Crippen LogP contribution >= 0.6 is 15.9 Å². The lowest BCUT2D eigenvalue weighted by molar-refractivity contribution is -0.161. The average Bonchev–Trinajstić information content (AvgIpc) is 2.75. The van der Waals surface area contributed by atoms with Crippen molar-refractivity contribution in [2.24, 2.45) is 10.8 Å². The van der Waals surface area contributed by atoms with Crippen LogP contribution in [0.4, 0.5) is 0 Å². The van der Waals surface area contributed by atoms with E-state index in [1.807, 2.05) is 18.2 Å². The molecule has 2 atom stereocenters. The number of benzene rings is 1. The molecule has 1 aromatic rings. The number of hydrogen-bond acceptors (Lipinski definition) is 4. The molecule has 0 bridgehead atoms. The van der Waals surface area contributed by atoms with Crippen molar-refractivity contribution < 1.29 is 19.1 Å². The first kappa shape index (κ1) is 15.4. The van der Waals surface area contributed by atoms with E-state index < -0.39 is 16.8 Å². The minimum atomic E-state index is -1.22. The van der Waals surface area contributed by atoms with Crippen LogP contribution in [-0.2, 0) is 20.7 Å². The fraction of sp³-hybridized carbons (Fsp3) is 0.471. The highest BCUT2D eigenvalue weighted by molar-refractivity contribution is 9.10. The summed E-state index contributed by atoms with van der Waals surface area (Å²) in [5.41, 5.74) is -0.173. The molecule has 0 N–H and O–H groups in total. The number of ether oxygens (including phenoxy) is 1. The highest BCUT2D eigenvalue weighted by Gasteiger charge is 2.57. The summed E-state index contributed by atoms with van der Waals surface area (Å²) in [6.45, 7) is 1.61. The fourth-order valence-corrected chi connectivity index (χ4v) is 4.25. The van der Waals surface area contributed by atoms with Gasteiger partial charge < -0.3 is 4.74 Å². The quantitative estimate of drug-likeness (QED) is 0.567. The van der Waals surface area contributed by atoms with Crippen molar-refractivity contribution in [1.82, 2.24) is 0 Å². The lowest BCUT2D eigenvalue weighted by Crippen LogP contribution is -2.49. The summed E-state index contributed by atoms with van der Waals surface area (Å²) in [6, 6.07) is 5.69. The van der Waals surface area contributed by atoms with Crippen LogP contribution in [0.3, 0.4) is 0 Å². The van der Waals surface area contributed by atoms with Gasteiger partial charge in [0, 0.05) is 21.9 Å². The van der Waals surface area contributed by atoms with Crippen LogP contribution in [0.5, 0.6) is 0 Å². The number of halogens is 1. The van der Waals surface area contributed by atoms with E-state index in [0.29, 0.717) is 18.4 Å². The Bertz CT molecular complexity index is 686. The zero-order valence-electron chi connectivity index (χ0n) is 12.6. The third-order valence-electron chi connectivity index (χ3n) is 5.10. The van der Waals surface area contributed by atoms with E-state index >= 15 is 0 Å². The Morgan fingerprint density at radius 3 is 2.73 bits per heavy atom. The Labute approximate surface area is 137 Å². The third-order valence-corrected chi connectivity index (χ3v) is 5.59. The van der Waals surface area contributed by atoms with Crippen molar-refractivity contribution in [3.05, 3.63) is 33.8 Å². The molecular formula is C17H17BrO4. The molecule has 116 valence electrons. The highest BCUT2D eigenvalue weighted by atomic mass is 79.9. The molecule has 2 aliphatic rings. The second kappa shape index (κ2) is 5.01. The number of fused-ring (bicyclic) bond motifs is 1. The van der Waals surface area contributed by atoms with Crippen LogP contribution in [0.2, 0.25) is 0 Å². The molecule has 0 aromatic heterocycles. The predicted molar refractivity (Wildman–Crippen MR) is 83.6 cm³/mol. The van der Waals surface area contributed by atoms with Crippen molar-refractivity contribution >= 4 is 33.5 Å². The van der Waals surface area contributed by atoms with Gasteiger partial charge in [-0.3, -0.25) is 14.4 Å². The van der Waals surface area contributed by atoms with Crippen molar-refractivity contribution in [3.8, 4) is 0 Å². The SMILES string of the molecule is COC(=O)[C@@]1(C)C[C@]2(CCC1=O)Cc1ccc(Br)cc1C2=O. The Balaban J connectivity index is 2.01. The van der Waals surface area contributed by atoms with E-state index in [1.54, 1.807) is 6.92 Å². The van der Waals surface area contributed by atoms with Crippen LogP contribution < -0.4 is 0 Å². The van der Waals surface area contributed by atoms with Gasteiger partial charge >= 0.3 is 5.97 Å². The number of rotatable bonds is 1. The first-order valence-electron chi connectivity index (χ1n) is 7.27. The van der Waals surface area contributed by atoms with Gasteiger partial charge in [0.1, 0.15) is 11.2 Å². The molecule has 4 nitrogen and oxygen atoms in total. The molecule has 0 heterocycles. The molecule has 0 radical (unpaired) electrons. The molecule has 1 spiro atoms. The van der Waals surface area contributed by atoms with E-state index in [1.165, 1.54) is 7.11 Å². The molecular weight excluding hydrogens is 348 g/mol. The maximum atomic E-state index is 12.9. The van der Waals surface area contributed by atoms with Crippen LogP contribution in [0, 0.1) is 10.8 Å². The standard InChI is InChI=1S/C17H17BrO4/c1-16(15(21)22-2)9-17(6-5-13(16)19)8-10-3-4-11(18)7-12(10)14(17)20/h3-4,7H,5-6,8-9H2,1-2H3/t16-,17-/m0/s1. The van der Waals surface area contributed by atoms with E-state index in [2.05, 4.69) is 15.9 Å². The van der Waals surface area contributed by atoms with Crippen LogP contribution in [0.25, 0.3) is 0 Å². The van der Waals surface area contributed by atoms with Gasteiger partial charge in [-0.25, -0.2) is 0 Å². The minimum Gasteiger partial charge on any atom is -0.468 e. The van der Waals surface area contributed by atoms with E-state index in [4.69, 9.17) is 4.74 Å². The highest BCUT2D eigenvalue weighted by Crippen LogP contribution is 2.52. The van der Waals surface area contributed by atoms with Gasteiger partial charge in [0.25, 0.3) is 0 Å². The summed E-state index contributed by atoms with van der Waals surface area (Å²) in [6.07, 6.45) is 1.57. The Kier molecular flexibility index (Phi) is 3.51. The molecule has 1 saturated carbocycles. The second-order valence-electron chi connectivity index (χ2n) is 6.51.